The van der Waals surface area contributed by atoms with Gasteiger partial charge in [-0.15, -0.1) is 0 Å². The SMILES string of the molecule is CC(=O)Oc1cc(O)c2c(=O)c(-c3ccc(OCCCBr)cc3)coc2c1. The second-order valence-corrected chi connectivity index (χ2v) is 6.60. The van der Waals surface area contributed by atoms with Crippen LogP contribution in [-0.2, 0) is 4.79 Å². The van der Waals surface area contributed by atoms with Crippen LogP contribution in [0.4, 0.5) is 0 Å². The van der Waals surface area contributed by atoms with E-state index in [-0.39, 0.29) is 27.9 Å². The first-order valence-electron chi connectivity index (χ1n) is 8.25. The van der Waals surface area contributed by atoms with Crippen LogP contribution in [0.25, 0.3) is 22.1 Å². The van der Waals surface area contributed by atoms with Crippen molar-refractivity contribution in [3.8, 4) is 28.4 Å². The summed E-state index contributed by atoms with van der Waals surface area (Å²) in [6.45, 7) is 1.84. The fourth-order valence-electron chi connectivity index (χ4n) is 2.61. The smallest absolute Gasteiger partial charge is 0.308 e. The van der Waals surface area contributed by atoms with E-state index in [4.69, 9.17) is 13.9 Å². The number of esters is 1. The quantitative estimate of drug-likeness (QED) is 0.271. The highest BCUT2D eigenvalue weighted by Gasteiger charge is 2.15. The number of hydrogen-bond acceptors (Lipinski definition) is 6. The molecule has 0 aliphatic heterocycles. The predicted molar refractivity (Wildman–Crippen MR) is 105 cm³/mol. The fraction of sp³-hybridized carbons (Fsp3) is 0.200. The summed E-state index contributed by atoms with van der Waals surface area (Å²) in [5, 5.41) is 11.1. The molecule has 0 aliphatic carbocycles. The van der Waals surface area contributed by atoms with Gasteiger partial charge < -0.3 is 19.0 Å². The normalized spacial score (nSPS) is 10.7. The fourth-order valence-corrected chi connectivity index (χ4v) is 2.84. The van der Waals surface area contributed by atoms with E-state index in [9.17, 15) is 14.7 Å². The number of rotatable bonds is 6. The molecule has 140 valence electrons. The number of fused-ring (bicyclic) bond motifs is 1. The first-order valence-corrected chi connectivity index (χ1v) is 9.38. The molecule has 7 heteroatoms. The number of aromatic hydroxyl groups is 1. The molecular formula is C20H17BrO6. The molecule has 0 saturated heterocycles. The summed E-state index contributed by atoms with van der Waals surface area (Å²) in [5.41, 5.74) is 0.706. The van der Waals surface area contributed by atoms with E-state index < -0.39 is 5.97 Å². The van der Waals surface area contributed by atoms with E-state index >= 15 is 0 Å². The third-order valence-corrected chi connectivity index (χ3v) is 4.36. The first-order chi connectivity index (χ1) is 13.0. The lowest BCUT2D eigenvalue weighted by Gasteiger charge is -2.08. The molecule has 0 radical (unpaired) electrons. The molecule has 0 saturated carbocycles. The molecule has 1 aromatic heterocycles. The molecule has 0 atom stereocenters. The summed E-state index contributed by atoms with van der Waals surface area (Å²) in [5.74, 6) is -0.0348. The van der Waals surface area contributed by atoms with Gasteiger partial charge in [0, 0.05) is 24.4 Å². The zero-order chi connectivity index (χ0) is 19.4. The molecule has 6 nitrogen and oxygen atoms in total. The molecule has 0 unspecified atom stereocenters. The van der Waals surface area contributed by atoms with Crippen LogP contribution in [0.15, 0.2) is 51.9 Å². The van der Waals surface area contributed by atoms with Gasteiger partial charge in [0.2, 0.25) is 5.43 Å². The second kappa shape index (κ2) is 8.26. The molecule has 27 heavy (non-hydrogen) atoms. The number of phenols is 1. The molecule has 2 aromatic carbocycles. The number of ether oxygens (including phenoxy) is 2. The first kappa shape index (κ1) is 19.0. The molecule has 3 rings (SSSR count). The van der Waals surface area contributed by atoms with Crippen molar-refractivity contribution in [2.24, 2.45) is 0 Å². The minimum Gasteiger partial charge on any atom is -0.507 e. The van der Waals surface area contributed by atoms with Gasteiger partial charge in [-0.2, -0.15) is 0 Å². The minimum absolute atomic E-state index is 0.0287. The summed E-state index contributed by atoms with van der Waals surface area (Å²) in [7, 11) is 0. The molecule has 1 N–H and O–H groups in total. The Hall–Kier alpha value is -2.80. The topological polar surface area (TPSA) is 86.0 Å². The van der Waals surface area contributed by atoms with Gasteiger partial charge in [-0.1, -0.05) is 28.1 Å². The average molecular weight is 433 g/mol. The van der Waals surface area contributed by atoms with Crippen LogP contribution >= 0.6 is 15.9 Å². The lowest BCUT2D eigenvalue weighted by molar-refractivity contribution is -0.131. The van der Waals surface area contributed by atoms with Crippen molar-refractivity contribution in [3.05, 3.63) is 52.9 Å². The Morgan fingerprint density at radius 3 is 2.59 bits per heavy atom. The minimum atomic E-state index is -0.536. The van der Waals surface area contributed by atoms with Gasteiger partial charge in [-0.25, -0.2) is 0 Å². The Morgan fingerprint density at radius 2 is 1.93 bits per heavy atom. The summed E-state index contributed by atoms with van der Waals surface area (Å²) in [6, 6.07) is 9.67. The summed E-state index contributed by atoms with van der Waals surface area (Å²) >= 11 is 3.34. The van der Waals surface area contributed by atoms with Crippen LogP contribution in [0, 0.1) is 0 Å². The third kappa shape index (κ3) is 4.31. The van der Waals surface area contributed by atoms with E-state index in [1.54, 1.807) is 24.3 Å². The Labute approximate surface area is 163 Å². The predicted octanol–water partition coefficient (Wildman–Crippen LogP) is 4.25. The number of alkyl halides is 1. The number of halogens is 1. The number of phenolic OH excluding ortho intramolecular Hbond substituents is 1. The summed E-state index contributed by atoms with van der Waals surface area (Å²) in [4.78, 5) is 23.9. The molecule has 0 fully saturated rings. The van der Waals surface area contributed by atoms with E-state index in [1.165, 1.54) is 25.3 Å². The molecule has 0 amide bonds. The molecule has 3 aromatic rings. The van der Waals surface area contributed by atoms with Gasteiger partial charge in [-0.3, -0.25) is 9.59 Å². The van der Waals surface area contributed by atoms with Crippen LogP contribution in [0.1, 0.15) is 13.3 Å². The van der Waals surface area contributed by atoms with Crippen LogP contribution < -0.4 is 14.9 Å². The number of benzene rings is 2. The number of hydrogen-bond donors (Lipinski definition) is 1. The van der Waals surface area contributed by atoms with Crippen molar-refractivity contribution in [2.45, 2.75) is 13.3 Å². The molecule has 1 heterocycles. The highest BCUT2D eigenvalue weighted by molar-refractivity contribution is 9.09. The van der Waals surface area contributed by atoms with E-state index in [0.29, 0.717) is 23.5 Å². The number of carbonyl (C=O) groups excluding carboxylic acids is 1. The second-order valence-electron chi connectivity index (χ2n) is 5.80. The van der Waals surface area contributed by atoms with Gasteiger partial charge in [0.05, 0.1) is 12.2 Å². The van der Waals surface area contributed by atoms with Crippen LogP contribution in [0.5, 0.6) is 17.2 Å². The Balaban J connectivity index is 1.96. The van der Waals surface area contributed by atoms with Gasteiger partial charge in [0.25, 0.3) is 0 Å². The summed E-state index contributed by atoms with van der Waals surface area (Å²) < 4.78 is 16.0. The standard InChI is InChI=1S/C20H17BrO6/c1-12(22)27-15-9-17(23)19-18(10-15)26-11-16(20(19)24)13-3-5-14(6-4-13)25-8-2-7-21/h3-6,9-11,23H,2,7-8H2,1H3. The maximum Gasteiger partial charge on any atom is 0.308 e. The molecule has 0 bridgehead atoms. The van der Waals surface area contributed by atoms with Crippen molar-refractivity contribution >= 4 is 32.9 Å². The lowest BCUT2D eigenvalue weighted by Crippen LogP contribution is -2.06. The highest BCUT2D eigenvalue weighted by Crippen LogP contribution is 2.30. The van der Waals surface area contributed by atoms with Crippen LogP contribution in [0.3, 0.4) is 0 Å². The Morgan fingerprint density at radius 1 is 1.19 bits per heavy atom. The molecule has 0 aliphatic rings. The van der Waals surface area contributed by atoms with Crippen LogP contribution in [-0.4, -0.2) is 23.0 Å². The van der Waals surface area contributed by atoms with Crippen molar-refractivity contribution in [3.63, 3.8) is 0 Å². The highest BCUT2D eigenvalue weighted by atomic mass is 79.9. The summed E-state index contributed by atoms with van der Waals surface area (Å²) in [6.07, 6.45) is 2.22. The maximum atomic E-state index is 12.8. The third-order valence-electron chi connectivity index (χ3n) is 3.80. The monoisotopic (exact) mass is 432 g/mol. The lowest BCUT2D eigenvalue weighted by atomic mass is 10.0. The van der Waals surface area contributed by atoms with Crippen molar-refractivity contribution in [2.75, 3.05) is 11.9 Å². The Kier molecular flexibility index (Phi) is 5.81. The van der Waals surface area contributed by atoms with Crippen molar-refractivity contribution in [1.82, 2.24) is 0 Å². The van der Waals surface area contributed by atoms with Crippen molar-refractivity contribution < 1.29 is 23.8 Å². The molecule has 0 spiro atoms. The van der Waals surface area contributed by atoms with Gasteiger partial charge in [0.1, 0.15) is 34.5 Å². The number of carbonyl (C=O) groups is 1. The van der Waals surface area contributed by atoms with E-state index in [0.717, 1.165) is 11.8 Å². The zero-order valence-corrected chi connectivity index (χ0v) is 16.1. The van der Waals surface area contributed by atoms with E-state index in [1.807, 2.05) is 0 Å². The zero-order valence-electron chi connectivity index (χ0n) is 14.5. The largest absolute Gasteiger partial charge is 0.507 e. The maximum absolute atomic E-state index is 12.8. The van der Waals surface area contributed by atoms with Crippen LogP contribution in [0.2, 0.25) is 0 Å². The van der Waals surface area contributed by atoms with Gasteiger partial charge >= 0.3 is 5.97 Å². The average Bonchev–Trinajstić information content (AvgIpc) is 2.62. The van der Waals surface area contributed by atoms with Gasteiger partial charge in [-0.05, 0) is 24.1 Å². The van der Waals surface area contributed by atoms with Crippen molar-refractivity contribution in [1.29, 1.82) is 0 Å². The van der Waals surface area contributed by atoms with Gasteiger partial charge in [0.15, 0.2) is 0 Å². The molecular weight excluding hydrogens is 416 g/mol. The Bertz CT molecular complexity index is 1020. The van der Waals surface area contributed by atoms with E-state index in [2.05, 4.69) is 15.9 Å².